The Morgan fingerprint density at radius 3 is 2.94 bits per heavy atom. The van der Waals surface area contributed by atoms with Crippen molar-refractivity contribution in [2.24, 2.45) is 0 Å². The smallest absolute Gasteiger partial charge is 0.227 e. The van der Waals surface area contributed by atoms with E-state index in [4.69, 9.17) is 9.15 Å². The molecule has 0 fully saturated rings. The van der Waals surface area contributed by atoms with Gasteiger partial charge in [0.25, 0.3) is 0 Å². The number of hydrogen-bond acceptors (Lipinski definition) is 6. The SMILES string of the molecule is COCc1cc(=O)c(O)c([C@H](CC(=O)N2CCc3c([nH]c4ccccc34)C2)c2cccnc2)o1. The number of aromatic amines is 1. The van der Waals surface area contributed by atoms with Crippen LogP contribution in [0.5, 0.6) is 5.75 Å². The molecule has 0 spiro atoms. The van der Waals surface area contributed by atoms with Crippen molar-refractivity contribution in [3.8, 4) is 5.75 Å². The first-order chi connectivity index (χ1) is 16.5. The summed E-state index contributed by atoms with van der Waals surface area (Å²) >= 11 is 0. The number of fused-ring (bicyclic) bond motifs is 3. The number of aromatic nitrogens is 2. The Morgan fingerprint density at radius 2 is 2.15 bits per heavy atom. The Labute approximate surface area is 195 Å². The summed E-state index contributed by atoms with van der Waals surface area (Å²) in [6.45, 7) is 1.14. The van der Waals surface area contributed by atoms with Gasteiger partial charge in [-0.1, -0.05) is 24.3 Å². The summed E-state index contributed by atoms with van der Waals surface area (Å²) in [5, 5.41) is 11.8. The number of carbonyl (C=O) groups excluding carboxylic acids is 1. The molecule has 0 saturated heterocycles. The summed E-state index contributed by atoms with van der Waals surface area (Å²) in [7, 11) is 1.49. The largest absolute Gasteiger partial charge is 0.502 e. The average Bonchev–Trinajstić information content (AvgIpc) is 3.23. The summed E-state index contributed by atoms with van der Waals surface area (Å²) in [6, 6.07) is 12.9. The van der Waals surface area contributed by atoms with E-state index in [1.165, 1.54) is 24.1 Å². The van der Waals surface area contributed by atoms with E-state index in [-0.39, 0.29) is 30.5 Å². The first-order valence-corrected chi connectivity index (χ1v) is 11.2. The molecule has 1 atom stereocenters. The van der Waals surface area contributed by atoms with E-state index >= 15 is 0 Å². The lowest BCUT2D eigenvalue weighted by Gasteiger charge is -2.29. The molecule has 0 aliphatic carbocycles. The van der Waals surface area contributed by atoms with Crippen LogP contribution in [0.4, 0.5) is 0 Å². The van der Waals surface area contributed by atoms with Gasteiger partial charge in [0, 0.05) is 55.1 Å². The molecule has 1 aliphatic heterocycles. The first-order valence-electron chi connectivity index (χ1n) is 11.2. The number of para-hydroxylation sites is 1. The summed E-state index contributed by atoms with van der Waals surface area (Å²) in [5.41, 5.74) is 3.45. The van der Waals surface area contributed by atoms with E-state index < -0.39 is 17.1 Å². The second-order valence-electron chi connectivity index (χ2n) is 8.46. The Morgan fingerprint density at radius 1 is 1.29 bits per heavy atom. The zero-order valence-electron chi connectivity index (χ0n) is 18.8. The minimum atomic E-state index is -0.671. The number of carbonyl (C=O) groups is 1. The number of H-pyrrole nitrogens is 1. The topological polar surface area (TPSA) is 109 Å². The molecule has 8 heteroatoms. The predicted molar refractivity (Wildman–Crippen MR) is 125 cm³/mol. The van der Waals surface area contributed by atoms with Gasteiger partial charge in [-0.25, -0.2) is 0 Å². The highest BCUT2D eigenvalue weighted by Crippen LogP contribution is 2.34. The first kappa shape index (κ1) is 21.9. The molecule has 0 unspecified atom stereocenters. The zero-order chi connectivity index (χ0) is 23.7. The lowest BCUT2D eigenvalue weighted by molar-refractivity contribution is -0.132. The van der Waals surface area contributed by atoms with Crippen LogP contribution < -0.4 is 5.43 Å². The van der Waals surface area contributed by atoms with Crippen LogP contribution in [0.25, 0.3) is 10.9 Å². The zero-order valence-corrected chi connectivity index (χ0v) is 18.8. The van der Waals surface area contributed by atoms with Crippen LogP contribution in [0, 0.1) is 0 Å². The van der Waals surface area contributed by atoms with Crippen molar-refractivity contribution in [1.29, 1.82) is 0 Å². The van der Waals surface area contributed by atoms with Gasteiger partial charge in [0.2, 0.25) is 17.1 Å². The van der Waals surface area contributed by atoms with Crippen LogP contribution in [0.3, 0.4) is 0 Å². The maximum atomic E-state index is 13.5. The fourth-order valence-corrected chi connectivity index (χ4v) is 4.66. The van der Waals surface area contributed by atoms with Gasteiger partial charge in [0.15, 0.2) is 5.76 Å². The second kappa shape index (κ2) is 9.15. The molecule has 2 N–H and O–H groups in total. The van der Waals surface area contributed by atoms with Gasteiger partial charge >= 0.3 is 0 Å². The van der Waals surface area contributed by atoms with Crippen molar-refractivity contribution >= 4 is 16.8 Å². The lowest BCUT2D eigenvalue weighted by atomic mass is 9.92. The van der Waals surface area contributed by atoms with Crippen LogP contribution in [0.15, 0.2) is 64.1 Å². The average molecular weight is 460 g/mol. The number of amides is 1. The van der Waals surface area contributed by atoms with Crippen LogP contribution in [0.2, 0.25) is 0 Å². The molecule has 4 heterocycles. The van der Waals surface area contributed by atoms with E-state index in [0.717, 1.165) is 17.6 Å². The molecule has 8 nitrogen and oxygen atoms in total. The highest BCUT2D eigenvalue weighted by Gasteiger charge is 2.30. The van der Waals surface area contributed by atoms with Crippen molar-refractivity contribution in [3.05, 3.63) is 93.4 Å². The maximum Gasteiger partial charge on any atom is 0.227 e. The van der Waals surface area contributed by atoms with Gasteiger partial charge in [0.05, 0.1) is 12.5 Å². The summed E-state index contributed by atoms with van der Waals surface area (Å²) < 4.78 is 10.9. The van der Waals surface area contributed by atoms with E-state index in [1.54, 1.807) is 29.4 Å². The summed E-state index contributed by atoms with van der Waals surface area (Å²) in [5.74, 6) is -0.947. The van der Waals surface area contributed by atoms with Gasteiger partial charge < -0.3 is 24.1 Å². The molecule has 1 aliphatic rings. The number of nitrogens with zero attached hydrogens (tertiary/aromatic N) is 2. The molecular weight excluding hydrogens is 434 g/mol. The summed E-state index contributed by atoms with van der Waals surface area (Å²) in [4.78, 5) is 35.3. The van der Waals surface area contributed by atoms with Crippen LogP contribution in [0.1, 0.15) is 40.7 Å². The number of hydrogen-bond donors (Lipinski definition) is 2. The normalized spacial score (nSPS) is 14.2. The fraction of sp³-hybridized carbons (Fsp3) is 0.269. The highest BCUT2D eigenvalue weighted by molar-refractivity contribution is 5.86. The van der Waals surface area contributed by atoms with Crippen molar-refractivity contribution < 1.29 is 19.1 Å². The molecule has 34 heavy (non-hydrogen) atoms. The Hall–Kier alpha value is -3.91. The third-order valence-corrected chi connectivity index (χ3v) is 6.30. The van der Waals surface area contributed by atoms with Gasteiger partial charge in [0.1, 0.15) is 12.4 Å². The van der Waals surface area contributed by atoms with Gasteiger partial charge in [-0.2, -0.15) is 0 Å². The molecule has 0 radical (unpaired) electrons. The fourth-order valence-electron chi connectivity index (χ4n) is 4.66. The second-order valence-corrected chi connectivity index (χ2v) is 8.46. The van der Waals surface area contributed by atoms with Crippen LogP contribution in [-0.4, -0.2) is 39.5 Å². The number of rotatable bonds is 6. The van der Waals surface area contributed by atoms with Crippen molar-refractivity contribution in [2.75, 3.05) is 13.7 Å². The van der Waals surface area contributed by atoms with E-state index in [0.29, 0.717) is 18.7 Å². The molecule has 1 amide bonds. The maximum absolute atomic E-state index is 13.5. The van der Waals surface area contributed by atoms with Gasteiger partial charge in [-0.15, -0.1) is 0 Å². The minimum Gasteiger partial charge on any atom is -0.502 e. The number of methoxy groups -OCH3 is 1. The molecule has 5 rings (SSSR count). The van der Waals surface area contributed by atoms with E-state index in [2.05, 4.69) is 16.0 Å². The molecule has 174 valence electrons. The predicted octanol–water partition coefficient (Wildman–Crippen LogP) is 3.48. The van der Waals surface area contributed by atoms with E-state index in [9.17, 15) is 14.7 Å². The highest BCUT2D eigenvalue weighted by atomic mass is 16.5. The van der Waals surface area contributed by atoms with Crippen molar-refractivity contribution in [1.82, 2.24) is 14.9 Å². The van der Waals surface area contributed by atoms with E-state index in [1.807, 2.05) is 18.2 Å². The quantitative estimate of drug-likeness (QED) is 0.457. The Balaban J connectivity index is 1.46. The molecule has 4 aromatic rings. The van der Waals surface area contributed by atoms with Gasteiger partial charge in [-0.3, -0.25) is 14.6 Å². The standard InChI is InChI=1S/C26H25N3O5/c1-33-15-17-11-23(30)25(32)26(34-17)20(16-5-4-9-27-13-16)12-24(31)29-10-8-19-18-6-2-3-7-21(18)28-22(19)14-29/h2-7,9,11,13,20,28,32H,8,10,12,14-15H2,1H3/t20-/m1/s1. The number of benzene rings is 1. The van der Waals surface area contributed by atoms with Crippen molar-refractivity contribution in [2.45, 2.75) is 31.9 Å². The van der Waals surface area contributed by atoms with Crippen molar-refractivity contribution in [3.63, 3.8) is 0 Å². The number of aromatic hydroxyl groups is 1. The third kappa shape index (κ3) is 4.08. The molecule has 3 aromatic heterocycles. The molecular formula is C26H25N3O5. The van der Waals surface area contributed by atoms with Crippen LogP contribution in [-0.2, 0) is 29.1 Å². The third-order valence-electron chi connectivity index (χ3n) is 6.30. The number of pyridine rings is 1. The molecule has 0 bridgehead atoms. The monoisotopic (exact) mass is 459 g/mol. The Kier molecular flexibility index (Phi) is 5.90. The lowest BCUT2D eigenvalue weighted by Crippen LogP contribution is -2.36. The number of nitrogens with one attached hydrogen (secondary N) is 1. The molecule has 1 aromatic carbocycles. The van der Waals surface area contributed by atoms with Gasteiger partial charge in [-0.05, 0) is 29.7 Å². The molecule has 0 saturated carbocycles. The Bertz CT molecular complexity index is 1390. The minimum absolute atomic E-state index is 0.0220. The number of ether oxygens (including phenoxy) is 1. The van der Waals surface area contributed by atoms with Crippen LogP contribution >= 0.6 is 0 Å². The summed E-state index contributed by atoms with van der Waals surface area (Å²) in [6.07, 6.45) is 4.02.